The molecule has 4 nitrogen and oxygen atoms in total. The van der Waals surface area contributed by atoms with Gasteiger partial charge in [-0.05, 0) is 49.2 Å². The predicted octanol–water partition coefficient (Wildman–Crippen LogP) is 3.76. The number of hydrogen-bond donors (Lipinski definition) is 1. The number of carbonyl (C=O) groups excluding carboxylic acids is 2. The Morgan fingerprint density at radius 2 is 1.87 bits per heavy atom. The lowest BCUT2D eigenvalue weighted by Crippen LogP contribution is -2.30. The minimum Gasteiger partial charge on any atom is -0.452 e. The van der Waals surface area contributed by atoms with Crippen LogP contribution in [-0.2, 0) is 20.7 Å². The highest BCUT2D eigenvalue weighted by Gasteiger charge is 2.18. The maximum atomic E-state index is 12.1. The summed E-state index contributed by atoms with van der Waals surface area (Å²) in [6.45, 7) is 3.48. The number of ether oxygens (including phenoxy) is 1. The van der Waals surface area contributed by atoms with Gasteiger partial charge in [-0.2, -0.15) is 0 Å². The molecule has 0 aliphatic carbocycles. The third kappa shape index (κ3) is 5.42. The minimum absolute atomic E-state index is 0.0965. The average molecular weight is 332 g/mol. The number of nitrogens with one attached hydrogen (secondary N) is 1. The molecule has 0 saturated heterocycles. The molecule has 0 fully saturated rings. The van der Waals surface area contributed by atoms with Crippen LogP contribution >= 0.6 is 11.6 Å². The molecule has 2 aromatic rings. The van der Waals surface area contributed by atoms with Crippen molar-refractivity contribution in [2.45, 2.75) is 26.4 Å². The second-order valence-corrected chi connectivity index (χ2v) is 5.73. The Morgan fingerprint density at radius 3 is 2.52 bits per heavy atom. The van der Waals surface area contributed by atoms with Crippen LogP contribution in [0, 0.1) is 6.92 Å². The van der Waals surface area contributed by atoms with Gasteiger partial charge in [-0.3, -0.25) is 9.59 Å². The molecule has 0 aliphatic rings. The summed E-state index contributed by atoms with van der Waals surface area (Å²) in [6.07, 6.45) is -0.769. The first kappa shape index (κ1) is 17.0. The summed E-state index contributed by atoms with van der Waals surface area (Å²) in [5.41, 5.74) is 2.50. The number of halogens is 1. The number of amides is 1. The number of benzene rings is 2. The minimum atomic E-state index is -0.865. The van der Waals surface area contributed by atoms with Gasteiger partial charge in [0, 0.05) is 10.7 Å². The summed E-state index contributed by atoms with van der Waals surface area (Å²) >= 11 is 5.79. The van der Waals surface area contributed by atoms with Crippen molar-refractivity contribution in [3.8, 4) is 0 Å². The van der Waals surface area contributed by atoms with Gasteiger partial charge in [0.05, 0.1) is 6.42 Å². The lowest BCUT2D eigenvalue weighted by Gasteiger charge is -2.14. The van der Waals surface area contributed by atoms with E-state index < -0.39 is 12.1 Å². The smallest absolute Gasteiger partial charge is 0.311 e. The third-order valence-corrected chi connectivity index (χ3v) is 3.48. The summed E-state index contributed by atoms with van der Waals surface area (Å²) in [5.74, 6) is -0.820. The molecule has 0 bridgehead atoms. The van der Waals surface area contributed by atoms with E-state index in [1.807, 2.05) is 25.1 Å². The highest BCUT2D eigenvalue weighted by molar-refractivity contribution is 6.30. The molecule has 0 aliphatic heterocycles. The number of esters is 1. The Balaban J connectivity index is 1.87. The van der Waals surface area contributed by atoms with Gasteiger partial charge in [0.25, 0.3) is 5.91 Å². The highest BCUT2D eigenvalue weighted by atomic mass is 35.5. The molecule has 1 N–H and O–H groups in total. The topological polar surface area (TPSA) is 55.4 Å². The lowest BCUT2D eigenvalue weighted by atomic mass is 10.1. The lowest BCUT2D eigenvalue weighted by molar-refractivity contribution is -0.152. The molecular weight excluding hydrogens is 314 g/mol. The molecular formula is C18H18ClNO3. The fourth-order valence-corrected chi connectivity index (χ4v) is 2.15. The van der Waals surface area contributed by atoms with Gasteiger partial charge in [0.2, 0.25) is 0 Å². The van der Waals surface area contributed by atoms with E-state index in [9.17, 15) is 9.59 Å². The third-order valence-electron chi connectivity index (χ3n) is 3.22. The molecule has 2 aromatic carbocycles. The maximum absolute atomic E-state index is 12.1. The Labute approximate surface area is 140 Å². The van der Waals surface area contributed by atoms with Crippen molar-refractivity contribution in [2.24, 2.45) is 0 Å². The summed E-state index contributed by atoms with van der Waals surface area (Å²) in [7, 11) is 0. The molecule has 0 radical (unpaired) electrons. The molecule has 0 saturated carbocycles. The van der Waals surface area contributed by atoms with E-state index in [4.69, 9.17) is 16.3 Å². The van der Waals surface area contributed by atoms with Gasteiger partial charge < -0.3 is 10.1 Å². The number of rotatable bonds is 5. The summed E-state index contributed by atoms with van der Waals surface area (Å²) in [4.78, 5) is 23.9. The standard InChI is InChI=1S/C18H18ClNO3/c1-12-4-3-5-16(10-12)20-18(22)13(2)23-17(21)11-14-6-8-15(19)9-7-14/h3-10,13H,11H2,1-2H3,(H,20,22)/t13-/m1/s1. The molecule has 120 valence electrons. The van der Waals surface area contributed by atoms with Crippen molar-refractivity contribution in [3.05, 3.63) is 64.7 Å². The van der Waals surface area contributed by atoms with Crippen LogP contribution in [0.25, 0.3) is 0 Å². The largest absolute Gasteiger partial charge is 0.452 e. The Bertz CT molecular complexity index is 698. The van der Waals surface area contributed by atoms with Crippen LogP contribution in [0.1, 0.15) is 18.1 Å². The van der Waals surface area contributed by atoms with Crippen LogP contribution in [0.2, 0.25) is 5.02 Å². The Kier molecular flexibility index (Phi) is 5.77. The van der Waals surface area contributed by atoms with E-state index in [0.29, 0.717) is 10.7 Å². The van der Waals surface area contributed by atoms with Crippen LogP contribution in [0.15, 0.2) is 48.5 Å². The molecule has 0 heterocycles. The fraction of sp³-hybridized carbons (Fsp3) is 0.222. The van der Waals surface area contributed by atoms with Crippen molar-refractivity contribution in [2.75, 3.05) is 5.32 Å². The van der Waals surface area contributed by atoms with Crippen LogP contribution in [0.4, 0.5) is 5.69 Å². The summed E-state index contributed by atoms with van der Waals surface area (Å²) < 4.78 is 5.16. The van der Waals surface area contributed by atoms with Gasteiger partial charge >= 0.3 is 5.97 Å². The first-order chi connectivity index (χ1) is 10.9. The van der Waals surface area contributed by atoms with Crippen LogP contribution in [0.3, 0.4) is 0 Å². The fourth-order valence-electron chi connectivity index (χ4n) is 2.03. The molecule has 0 spiro atoms. The van der Waals surface area contributed by atoms with Crippen LogP contribution in [0.5, 0.6) is 0 Å². The zero-order chi connectivity index (χ0) is 16.8. The van der Waals surface area contributed by atoms with Gasteiger partial charge in [0.15, 0.2) is 6.10 Å². The predicted molar refractivity (Wildman–Crippen MR) is 90.5 cm³/mol. The van der Waals surface area contributed by atoms with Crippen molar-refractivity contribution >= 4 is 29.2 Å². The van der Waals surface area contributed by atoms with Gasteiger partial charge in [-0.25, -0.2) is 0 Å². The number of hydrogen-bond acceptors (Lipinski definition) is 3. The highest BCUT2D eigenvalue weighted by Crippen LogP contribution is 2.12. The molecule has 1 atom stereocenters. The zero-order valence-electron chi connectivity index (χ0n) is 13.0. The quantitative estimate of drug-likeness (QED) is 0.849. The second kappa shape index (κ2) is 7.79. The second-order valence-electron chi connectivity index (χ2n) is 5.29. The molecule has 23 heavy (non-hydrogen) atoms. The van der Waals surface area contributed by atoms with Crippen molar-refractivity contribution in [3.63, 3.8) is 0 Å². The van der Waals surface area contributed by atoms with E-state index in [2.05, 4.69) is 5.32 Å². The maximum Gasteiger partial charge on any atom is 0.311 e. The normalized spacial score (nSPS) is 11.6. The van der Waals surface area contributed by atoms with Crippen molar-refractivity contribution in [1.29, 1.82) is 0 Å². The molecule has 5 heteroatoms. The number of aryl methyl sites for hydroxylation is 1. The SMILES string of the molecule is Cc1cccc(NC(=O)[C@@H](C)OC(=O)Cc2ccc(Cl)cc2)c1. The zero-order valence-corrected chi connectivity index (χ0v) is 13.8. The van der Waals surface area contributed by atoms with Gasteiger partial charge in [-0.1, -0.05) is 35.9 Å². The first-order valence-electron chi connectivity index (χ1n) is 7.25. The van der Waals surface area contributed by atoms with E-state index in [-0.39, 0.29) is 12.3 Å². The van der Waals surface area contributed by atoms with Crippen molar-refractivity contribution in [1.82, 2.24) is 0 Å². The van der Waals surface area contributed by atoms with Gasteiger partial charge in [-0.15, -0.1) is 0 Å². The van der Waals surface area contributed by atoms with Gasteiger partial charge in [0.1, 0.15) is 0 Å². The summed E-state index contributed by atoms with van der Waals surface area (Å²) in [5, 5.41) is 3.33. The average Bonchev–Trinajstić information content (AvgIpc) is 2.49. The van der Waals surface area contributed by atoms with E-state index >= 15 is 0 Å². The molecule has 0 unspecified atom stereocenters. The molecule has 0 aromatic heterocycles. The molecule has 2 rings (SSSR count). The van der Waals surface area contributed by atoms with Crippen LogP contribution in [-0.4, -0.2) is 18.0 Å². The molecule has 1 amide bonds. The number of anilines is 1. The first-order valence-corrected chi connectivity index (χ1v) is 7.63. The van der Waals surface area contributed by atoms with E-state index in [0.717, 1.165) is 11.1 Å². The van der Waals surface area contributed by atoms with Crippen molar-refractivity contribution < 1.29 is 14.3 Å². The Hall–Kier alpha value is -2.33. The van der Waals surface area contributed by atoms with E-state index in [1.54, 1.807) is 37.3 Å². The number of carbonyl (C=O) groups is 2. The summed E-state index contributed by atoms with van der Waals surface area (Å²) in [6, 6.07) is 14.3. The van der Waals surface area contributed by atoms with Crippen LogP contribution < -0.4 is 5.32 Å². The Morgan fingerprint density at radius 1 is 1.17 bits per heavy atom. The van der Waals surface area contributed by atoms with E-state index in [1.165, 1.54) is 0 Å². The monoisotopic (exact) mass is 331 g/mol.